The van der Waals surface area contributed by atoms with E-state index in [-0.39, 0.29) is 0 Å². The first kappa shape index (κ1) is 10.5. The zero-order valence-corrected chi connectivity index (χ0v) is 9.11. The highest BCUT2D eigenvalue weighted by Gasteiger charge is 2.09. The van der Waals surface area contributed by atoms with Gasteiger partial charge in [-0.2, -0.15) is 0 Å². The average Bonchev–Trinajstić information content (AvgIpc) is 2.08. The maximum Gasteiger partial charge on any atom is 0.336 e. The molecule has 0 saturated heterocycles. The lowest BCUT2D eigenvalue weighted by molar-refractivity contribution is 0.0695. The molecule has 0 aliphatic carbocycles. The van der Waals surface area contributed by atoms with Gasteiger partial charge in [0.15, 0.2) is 0 Å². The minimum absolute atomic E-state index is 0.359. The quantitative estimate of drug-likeness (QED) is 0.829. The molecule has 3 N–H and O–H groups in total. The molecule has 4 heteroatoms. The second-order valence-corrected chi connectivity index (χ2v) is 3.89. The number of carboxylic acid groups (broad SMARTS) is 1. The third kappa shape index (κ3) is 2.67. The predicted octanol–water partition coefficient (Wildman–Crippen LogP) is 1.49. The van der Waals surface area contributed by atoms with Gasteiger partial charge < -0.3 is 10.8 Å². The Balaban J connectivity index is 3.10. The van der Waals surface area contributed by atoms with Gasteiger partial charge in [-0.1, -0.05) is 6.07 Å². The molecule has 0 atom stereocenters. The number of carbonyl (C=O) groups is 1. The Labute approximate surface area is 90.1 Å². The molecule has 0 amide bonds. The van der Waals surface area contributed by atoms with E-state index in [0.29, 0.717) is 18.5 Å². The number of carboxylic acids is 1. The molecule has 3 nitrogen and oxygen atoms in total. The van der Waals surface area contributed by atoms with Crippen molar-refractivity contribution in [1.29, 1.82) is 0 Å². The summed E-state index contributed by atoms with van der Waals surface area (Å²) in [5.74, 6) is -0.887. The van der Waals surface area contributed by atoms with Gasteiger partial charge in [-0.25, -0.2) is 4.79 Å². The molecule has 0 bridgehead atoms. The second kappa shape index (κ2) is 4.57. The molecule has 0 saturated carbocycles. The van der Waals surface area contributed by atoms with Crippen LogP contribution in [0.25, 0.3) is 0 Å². The first-order chi connectivity index (χ1) is 6.15. The van der Waals surface area contributed by atoms with Crippen molar-refractivity contribution in [2.45, 2.75) is 6.42 Å². The molecule has 0 aliphatic rings. The molecule has 0 aliphatic heterocycles. The molecule has 70 valence electrons. The molecule has 0 unspecified atom stereocenters. The van der Waals surface area contributed by atoms with Crippen LogP contribution in [0.3, 0.4) is 0 Å². The Hall–Kier alpha value is -0.620. The molecule has 1 aromatic rings. The molecule has 0 spiro atoms. The standard InChI is InChI=1S/C9H10INO2/c10-7-2-1-6(3-4-11)8(5-7)9(12)13/h1-2,5H,3-4,11H2,(H,12,13). The third-order valence-electron chi connectivity index (χ3n) is 1.72. The smallest absolute Gasteiger partial charge is 0.336 e. The molecular formula is C9H10INO2. The summed E-state index contributed by atoms with van der Waals surface area (Å²) in [7, 11) is 0. The predicted molar refractivity (Wildman–Crippen MR) is 58.9 cm³/mol. The highest BCUT2D eigenvalue weighted by Crippen LogP contribution is 2.14. The van der Waals surface area contributed by atoms with Crippen molar-refractivity contribution in [3.63, 3.8) is 0 Å². The van der Waals surface area contributed by atoms with Crippen molar-refractivity contribution in [1.82, 2.24) is 0 Å². The number of nitrogens with two attached hydrogens (primary N) is 1. The minimum Gasteiger partial charge on any atom is -0.478 e. The van der Waals surface area contributed by atoms with Gasteiger partial charge >= 0.3 is 5.97 Å². The van der Waals surface area contributed by atoms with Gasteiger partial charge in [-0.3, -0.25) is 0 Å². The number of benzene rings is 1. The lowest BCUT2D eigenvalue weighted by atomic mass is 10.1. The van der Waals surface area contributed by atoms with E-state index in [9.17, 15) is 4.79 Å². The van der Waals surface area contributed by atoms with Crippen LogP contribution in [0.2, 0.25) is 0 Å². The molecule has 0 radical (unpaired) electrons. The summed E-state index contributed by atoms with van der Waals surface area (Å²) in [5.41, 5.74) is 6.53. The SMILES string of the molecule is NCCc1ccc(I)cc1C(=O)O. The molecule has 0 heterocycles. The van der Waals surface area contributed by atoms with E-state index in [4.69, 9.17) is 10.8 Å². The number of hydrogen-bond acceptors (Lipinski definition) is 2. The van der Waals surface area contributed by atoms with E-state index in [1.807, 2.05) is 12.1 Å². The Kier molecular flexibility index (Phi) is 3.68. The minimum atomic E-state index is -0.887. The van der Waals surface area contributed by atoms with E-state index in [2.05, 4.69) is 22.6 Å². The third-order valence-corrected chi connectivity index (χ3v) is 2.39. The molecule has 1 rings (SSSR count). The van der Waals surface area contributed by atoms with Crippen molar-refractivity contribution in [3.05, 3.63) is 32.9 Å². The van der Waals surface area contributed by atoms with Gasteiger partial charge in [0.25, 0.3) is 0 Å². The first-order valence-electron chi connectivity index (χ1n) is 3.87. The Morgan fingerprint density at radius 2 is 2.23 bits per heavy atom. The first-order valence-corrected chi connectivity index (χ1v) is 4.95. The second-order valence-electron chi connectivity index (χ2n) is 2.65. The molecule has 1 aromatic carbocycles. The molecule has 0 aromatic heterocycles. The van der Waals surface area contributed by atoms with Crippen molar-refractivity contribution in [2.24, 2.45) is 5.73 Å². The van der Waals surface area contributed by atoms with Crippen LogP contribution in [-0.4, -0.2) is 17.6 Å². The summed E-state index contributed by atoms with van der Waals surface area (Å²) in [4.78, 5) is 10.8. The summed E-state index contributed by atoms with van der Waals surface area (Å²) in [6, 6.07) is 5.37. The summed E-state index contributed by atoms with van der Waals surface area (Å²) in [6.07, 6.45) is 0.610. The van der Waals surface area contributed by atoms with Gasteiger partial charge in [0.1, 0.15) is 0 Å². The zero-order valence-electron chi connectivity index (χ0n) is 6.96. The number of hydrogen-bond donors (Lipinski definition) is 2. The summed E-state index contributed by atoms with van der Waals surface area (Å²) in [5, 5.41) is 8.87. The van der Waals surface area contributed by atoms with Crippen LogP contribution in [-0.2, 0) is 6.42 Å². The number of aromatic carboxylic acids is 1. The maximum absolute atomic E-state index is 10.8. The number of halogens is 1. The fraction of sp³-hybridized carbons (Fsp3) is 0.222. The lowest BCUT2D eigenvalue weighted by Gasteiger charge is -2.04. The zero-order chi connectivity index (χ0) is 9.84. The van der Waals surface area contributed by atoms with E-state index in [1.165, 1.54) is 0 Å². The molecule has 13 heavy (non-hydrogen) atoms. The summed E-state index contributed by atoms with van der Waals surface area (Å²) >= 11 is 2.09. The van der Waals surface area contributed by atoms with Crippen molar-refractivity contribution in [3.8, 4) is 0 Å². The normalized spacial score (nSPS) is 10.0. The monoisotopic (exact) mass is 291 g/mol. The van der Waals surface area contributed by atoms with Crippen LogP contribution >= 0.6 is 22.6 Å². The Bertz CT molecular complexity index is 325. The summed E-state index contributed by atoms with van der Waals surface area (Å²) < 4.78 is 0.927. The summed E-state index contributed by atoms with van der Waals surface area (Å²) in [6.45, 7) is 0.473. The van der Waals surface area contributed by atoms with Crippen LogP contribution in [0.1, 0.15) is 15.9 Å². The van der Waals surface area contributed by atoms with Crippen LogP contribution in [0, 0.1) is 3.57 Å². The Morgan fingerprint density at radius 3 is 2.77 bits per heavy atom. The largest absolute Gasteiger partial charge is 0.478 e. The highest BCUT2D eigenvalue weighted by molar-refractivity contribution is 14.1. The van der Waals surface area contributed by atoms with Crippen molar-refractivity contribution < 1.29 is 9.90 Å². The van der Waals surface area contributed by atoms with E-state index in [0.717, 1.165) is 9.13 Å². The average molecular weight is 291 g/mol. The Morgan fingerprint density at radius 1 is 1.54 bits per heavy atom. The topological polar surface area (TPSA) is 63.3 Å². The van der Waals surface area contributed by atoms with Crippen LogP contribution in [0.4, 0.5) is 0 Å². The van der Waals surface area contributed by atoms with Gasteiger partial charge in [0.05, 0.1) is 5.56 Å². The fourth-order valence-corrected chi connectivity index (χ4v) is 1.61. The van der Waals surface area contributed by atoms with Gasteiger partial charge in [-0.15, -0.1) is 0 Å². The van der Waals surface area contributed by atoms with E-state index >= 15 is 0 Å². The molecular weight excluding hydrogens is 281 g/mol. The van der Waals surface area contributed by atoms with Gasteiger partial charge in [-0.05, 0) is 53.3 Å². The van der Waals surface area contributed by atoms with Crippen molar-refractivity contribution >= 4 is 28.6 Å². The van der Waals surface area contributed by atoms with Gasteiger partial charge in [0.2, 0.25) is 0 Å². The van der Waals surface area contributed by atoms with E-state index < -0.39 is 5.97 Å². The van der Waals surface area contributed by atoms with Crippen molar-refractivity contribution in [2.75, 3.05) is 6.54 Å². The lowest BCUT2D eigenvalue weighted by Crippen LogP contribution is -2.08. The van der Waals surface area contributed by atoms with Gasteiger partial charge in [0, 0.05) is 3.57 Å². The maximum atomic E-state index is 10.8. The van der Waals surface area contributed by atoms with Crippen LogP contribution in [0.5, 0.6) is 0 Å². The fourth-order valence-electron chi connectivity index (χ4n) is 1.12. The van der Waals surface area contributed by atoms with E-state index in [1.54, 1.807) is 6.07 Å². The molecule has 0 fully saturated rings. The highest BCUT2D eigenvalue weighted by atomic mass is 127. The number of rotatable bonds is 3. The van der Waals surface area contributed by atoms with Crippen LogP contribution in [0.15, 0.2) is 18.2 Å². The van der Waals surface area contributed by atoms with Crippen LogP contribution < -0.4 is 5.73 Å².